The van der Waals surface area contributed by atoms with Gasteiger partial charge < -0.3 is 10.1 Å². The molecule has 2 aromatic carbocycles. The number of benzene rings is 2. The summed E-state index contributed by atoms with van der Waals surface area (Å²) >= 11 is 12.1. The summed E-state index contributed by atoms with van der Waals surface area (Å²) in [7, 11) is 0. The third kappa shape index (κ3) is 3.83. The summed E-state index contributed by atoms with van der Waals surface area (Å²) in [6, 6.07) is 15.1. The Morgan fingerprint density at radius 1 is 0.885 bits per heavy atom. The van der Waals surface area contributed by atoms with E-state index in [0.29, 0.717) is 15.9 Å². The van der Waals surface area contributed by atoms with Crippen LogP contribution in [-0.2, 0) is 0 Å². The van der Waals surface area contributed by atoms with Crippen molar-refractivity contribution in [2.45, 2.75) is 12.5 Å². The first-order valence-corrected chi connectivity index (χ1v) is 9.21. The number of halogens is 2. The molecule has 1 N–H and O–H groups in total. The average molecular weight is 386 g/mol. The Hall–Kier alpha value is -2.14. The third-order valence-corrected chi connectivity index (χ3v) is 4.79. The molecule has 26 heavy (non-hydrogen) atoms. The zero-order valence-corrected chi connectivity index (χ0v) is 15.5. The number of ether oxygens (including phenoxy) is 1. The van der Waals surface area contributed by atoms with Gasteiger partial charge >= 0.3 is 0 Å². The number of aromatic nitrogens is 2. The molecule has 1 aliphatic rings. The largest absolute Gasteiger partial charge is 0.472 e. The molecule has 1 atom stereocenters. The number of hydrogen-bond acceptors (Lipinski definition) is 4. The molecule has 4 rings (SSSR count). The van der Waals surface area contributed by atoms with E-state index in [0.717, 1.165) is 42.0 Å². The predicted molar refractivity (Wildman–Crippen MR) is 105 cm³/mol. The van der Waals surface area contributed by atoms with Gasteiger partial charge in [-0.25, -0.2) is 9.97 Å². The summed E-state index contributed by atoms with van der Waals surface area (Å²) in [5, 5.41) is 4.65. The minimum atomic E-state index is 0.128. The fourth-order valence-corrected chi connectivity index (χ4v) is 3.21. The number of nitrogens with zero attached hydrogens (tertiary/aromatic N) is 2. The Kier molecular flexibility index (Phi) is 5.07. The summed E-state index contributed by atoms with van der Waals surface area (Å²) in [5.41, 5.74) is 3.41. The van der Waals surface area contributed by atoms with Crippen LogP contribution in [0.15, 0.2) is 54.7 Å². The van der Waals surface area contributed by atoms with Gasteiger partial charge in [-0.05, 0) is 37.2 Å². The molecule has 2 heterocycles. The second-order valence-electron chi connectivity index (χ2n) is 6.15. The van der Waals surface area contributed by atoms with Gasteiger partial charge in [0.1, 0.15) is 11.8 Å². The van der Waals surface area contributed by atoms with E-state index in [-0.39, 0.29) is 6.10 Å². The van der Waals surface area contributed by atoms with Crippen molar-refractivity contribution in [3.63, 3.8) is 0 Å². The van der Waals surface area contributed by atoms with Gasteiger partial charge in [-0.1, -0.05) is 47.5 Å². The topological polar surface area (TPSA) is 47.0 Å². The van der Waals surface area contributed by atoms with Gasteiger partial charge in [0.15, 0.2) is 0 Å². The minimum Gasteiger partial charge on any atom is -0.472 e. The Labute approximate surface area is 162 Å². The molecule has 6 heteroatoms. The fourth-order valence-electron chi connectivity index (χ4n) is 2.96. The molecule has 0 amide bonds. The van der Waals surface area contributed by atoms with Crippen molar-refractivity contribution in [3.8, 4) is 28.4 Å². The van der Waals surface area contributed by atoms with Crippen molar-refractivity contribution in [1.82, 2.24) is 15.3 Å². The Morgan fingerprint density at radius 2 is 1.50 bits per heavy atom. The number of hydrogen-bond donors (Lipinski definition) is 1. The van der Waals surface area contributed by atoms with Crippen LogP contribution in [0.5, 0.6) is 5.88 Å². The van der Waals surface area contributed by atoms with Crippen LogP contribution in [0.2, 0.25) is 10.0 Å². The third-order valence-electron chi connectivity index (χ3n) is 4.29. The lowest BCUT2D eigenvalue weighted by Crippen LogP contribution is -2.20. The van der Waals surface area contributed by atoms with E-state index >= 15 is 0 Å². The van der Waals surface area contributed by atoms with Crippen molar-refractivity contribution in [3.05, 3.63) is 64.8 Å². The van der Waals surface area contributed by atoms with Crippen LogP contribution in [0.1, 0.15) is 6.42 Å². The molecule has 1 aromatic heterocycles. The molecule has 132 valence electrons. The minimum absolute atomic E-state index is 0.128. The van der Waals surface area contributed by atoms with Crippen LogP contribution in [0.3, 0.4) is 0 Å². The summed E-state index contributed by atoms with van der Waals surface area (Å²) in [4.78, 5) is 9.38. The lowest BCUT2D eigenvalue weighted by molar-refractivity contribution is 0.213. The van der Waals surface area contributed by atoms with Crippen LogP contribution in [0.4, 0.5) is 0 Å². The number of rotatable bonds is 4. The van der Waals surface area contributed by atoms with Crippen LogP contribution in [0.25, 0.3) is 22.5 Å². The smallest absolute Gasteiger partial charge is 0.233 e. The maximum absolute atomic E-state index is 6.04. The van der Waals surface area contributed by atoms with E-state index in [9.17, 15) is 0 Å². The molecule has 0 saturated carbocycles. The summed E-state index contributed by atoms with van der Waals surface area (Å²) < 4.78 is 5.99. The van der Waals surface area contributed by atoms with Gasteiger partial charge in [-0.2, -0.15) is 0 Å². The van der Waals surface area contributed by atoms with E-state index in [1.54, 1.807) is 6.20 Å². The highest BCUT2D eigenvalue weighted by Gasteiger charge is 2.19. The molecule has 1 aliphatic heterocycles. The monoisotopic (exact) mass is 385 g/mol. The molecular formula is C20H17Cl2N3O. The molecule has 1 saturated heterocycles. The zero-order valence-electron chi connectivity index (χ0n) is 14.0. The van der Waals surface area contributed by atoms with Crippen LogP contribution < -0.4 is 10.1 Å². The normalized spacial score (nSPS) is 16.6. The lowest BCUT2D eigenvalue weighted by atomic mass is 10.0. The number of nitrogens with one attached hydrogen (secondary N) is 1. The molecule has 0 radical (unpaired) electrons. The first-order chi connectivity index (χ1) is 12.7. The molecule has 0 bridgehead atoms. The van der Waals surface area contributed by atoms with E-state index < -0.39 is 0 Å². The van der Waals surface area contributed by atoms with Crippen molar-refractivity contribution in [1.29, 1.82) is 0 Å². The van der Waals surface area contributed by atoms with Crippen LogP contribution in [0, 0.1) is 0 Å². The first-order valence-electron chi connectivity index (χ1n) is 8.45. The Balaban J connectivity index is 1.76. The van der Waals surface area contributed by atoms with Crippen molar-refractivity contribution < 1.29 is 4.74 Å². The first kappa shape index (κ1) is 17.3. The lowest BCUT2D eigenvalue weighted by Gasteiger charge is -2.14. The Morgan fingerprint density at radius 3 is 2.08 bits per heavy atom. The maximum atomic E-state index is 6.04. The van der Waals surface area contributed by atoms with Gasteiger partial charge in [0.25, 0.3) is 0 Å². The molecule has 1 fully saturated rings. The predicted octanol–water partition coefficient (Wildman–Crippen LogP) is 4.86. The van der Waals surface area contributed by atoms with Crippen LogP contribution >= 0.6 is 23.2 Å². The zero-order chi connectivity index (χ0) is 17.9. The van der Waals surface area contributed by atoms with Gasteiger partial charge in [-0.3, -0.25) is 0 Å². The van der Waals surface area contributed by atoms with Crippen LogP contribution in [-0.4, -0.2) is 29.2 Å². The van der Waals surface area contributed by atoms with Gasteiger partial charge in [0.05, 0.1) is 11.9 Å². The summed E-state index contributed by atoms with van der Waals surface area (Å²) in [5.74, 6) is 0.529. The highest BCUT2D eigenvalue weighted by molar-refractivity contribution is 6.31. The quantitative estimate of drug-likeness (QED) is 0.696. The van der Waals surface area contributed by atoms with E-state index in [1.165, 1.54) is 0 Å². The summed E-state index contributed by atoms with van der Waals surface area (Å²) in [6.45, 7) is 1.79. The molecule has 0 spiro atoms. The van der Waals surface area contributed by atoms with E-state index in [1.807, 2.05) is 48.5 Å². The second kappa shape index (κ2) is 7.62. The molecule has 3 aromatic rings. The van der Waals surface area contributed by atoms with Gasteiger partial charge in [0.2, 0.25) is 5.88 Å². The fraction of sp³-hybridized carbons (Fsp3) is 0.200. The molecular weight excluding hydrogens is 369 g/mol. The second-order valence-corrected chi connectivity index (χ2v) is 7.02. The highest BCUT2D eigenvalue weighted by Crippen LogP contribution is 2.32. The molecule has 0 unspecified atom stereocenters. The standard InChI is InChI=1S/C20H17Cl2N3O/c21-15-5-1-13(2-6-15)19-20(14-3-7-16(22)8-4-14)25-18(12-24-19)26-17-9-10-23-11-17/h1-8,12,17,23H,9-11H2/t17-/m1/s1. The molecule has 0 aliphatic carbocycles. The van der Waals surface area contributed by atoms with Crippen molar-refractivity contribution >= 4 is 23.2 Å². The SMILES string of the molecule is Clc1ccc(-c2ncc(O[C@@H]3CCNC3)nc2-c2ccc(Cl)cc2)cc1. The maximum Gasteiger partial charge on any atom is 0.233 e. The van der Waals surface area contributed by atoms with Gasteiger partial charge in [-0.15, -0.1) is 0 Å². The Bertz CT molecular complexity index is 892. The van der Waals surface area contributed by atoms with E-state index in [4.69, 9.17) is 32.9 Å². The summed E-state index contributed by atoms with van der Waals surface area (Å²) in [6.07, 6.45) is 2.78. The molecule has 4 nitrogen and oxygen atoms in total. The average Bonchev–Trinajstić information content (AvgIpc) is 3.16. The van der Waals surface area contributed by atoms with Crippen molar-refractivity contribution in [2.24, 2.45) is 0 Å². The van der Waals surface area contributed by atoms with Gasteiger partial charge in [0, 0.05) is 27.7 Å². The van der Waals surface area contributed by atoms with Crippen molar-refractivity contribution in [2.75, 3.05) is 13.1 Å². The van der Waals surface area contributed by atoms with E-state index in [2.05, 4.69) is 10.3 Å². The highest BCUT2D eigenvalue weighted by atomic mass is 35.5.